The Morgan fingerprint density at radius 3 is 1.87 bits per heavy atom. The molecule has 1 aromatic heterocycles. The zero-order valence-electron chi connectivity index (χ0n) is 34.1. The molecular weight excluding hydrogens is 743 g/mol. The number of para-hydroxylation sites is 1. The van der Waals surface area contributed by atoms with Crippen molar-refractivity contribution in [1.29, 1.82) is 0 Å². The van der Waals surface area contributed by atoms with Gasteiger partial charge in [-0.05, 0) is 101 Å². The van der Waals surface area contributed by atoms with Crippen LogP contribution in [0.2, 0.25) is 0 Å². The van der Waals surface area contributed by atoms with Crippen LogP contribution in [0.4, 0.5) is 11.4 Å². The van der Waals surface area contributed by atoms with Crippen molar-refractivity contribution in [2.75, 3.05) is 4.90 Å². The van der Waals surface area contributed by atoms with Gasteiger partial charge >= 0.3 is 0 Å². The van der Waals surface area contributed by atoms with Gasteiger partial charge in [-0.2, -0.15) is 0 Å². The molecule has 0 fully saturated rings. The quantitative estimate of drug-likeness (QED) is 0.0935. The Hall–Kier alpha value is -7.00. The maximum absolute atomic E-state index is 4.87. The maximum Gasteiger partial charge on any atom is 0.0533 e. The van der Waals surface area contributed by atoms with Crippen molar-refractivity contribution < 1.29 is 0 Å². The van der Waals surface area contributed by atoms with E-state index in [9.17, 15) is 0 Å². The minimum absolute atomic E-state index is 0.0248. The molecule has 7 aromatic carbocycles. The third-order valence-electron chi connectivity index (χ3n) is 11.3. The van der Waals surface area contributed by atoms with Crippen LogP contribution < -0.4 is 4.90 Å². The average Bonchev–Trinajstić information content (AvgIpc) is 3.68. The molecule has 0 saturated heterocycles. The predicted octanol–water partition coefficient (Wildman–Crippen LogP) is 16.2. The molecule has 1 heterocycles. The van der Waals surface area contributed by atoms with E-state index in [4.69, 9.17) is 6.58 Å². The topological polar surface area (TPSA) is 3.24 Å². The van der Waals surface area contributed by atoms with E-state index in [1.165, 1.54) is 36.9 Å². The summed E-state index contributed by atoms with van der Waals surface area (Å²) in [7, 11) is 0. The van der Waals surface area contributed by atoms with E-state index < -0.39 is 0 Å². The van der Waals surface area contributed by atoms with Crippen molar-refractivity contribution in [2.45, 2.75) is 19.3 Å². The van der Waals surface area contributed by atoms with Crippen LogP contribution in [0.5, 0.6) is 0 Å². The van der Waals surface area contributed by atoms with Gasteiger partial charge in [0.05, 0.1) is 5.70 Å². The average molecular weight is 792 g/mol. The van der Waals surface area contributed by atoms with Gasteiger partial charge in [0.2, 0.25) is 0 Å². The number of nitrogens with zero attached hydrogens (tertiary/aromatic N) is 1. The minimum atomic E-state index is 0.0248. The third kappa shape index (κ3) is 8.71. The molecule has 0 saturated carbocycles. The highest BCUT2D eigenvalue weighted by Gasteiger charge is 2.28. The summed E-state index contributed by atoms with van der Waals surface area (Å²) < 4.78 is 2.58. The number of fused-ring (bicyclic) bond motifs is 3. The molecular formula is C58H49NS. The smallest absolute Gasteiger partial charge is 0.0533 e. The summed E-state index contributed by atoms with van der Waals surface area (Å²) in [6, 6.07) is 67.4. The van der Waals surface area contributed by atoms with Crippen LogP contribution in [0.15, 0.2) is 249 Å². The van der Waals surface area contributed by atoms with Crippen molar-refractivity contribution in [3.63, 3.8) is 0 Å². The second kappa shape index (κ2) is 18.7. The molecule has 60 heavy (non-hydrogen) atoms. The lowest BCUT2D eigenvalue weighted by Gasteiger charge is -2.30. The lowest BCUT2D eigenvalue weighted by molar-refractivity contribution is 0.547. The van der Waals surface area contributed by atoms with E-state index in [2.05, 4.69) is 231 Å². The molecule has 1 atom stereocenters. The van der Waals surface area contributed by atoms with Crippen LogP contribution in [0.1, 0.15) is 40.7 Å². The van der Waals surface area contributed by atoms with Crippen LogP contribution in [0.25, 0.3) is 31.4 Å². The van der Waals surface area contributed by atoms with Gasteiger partial charge in [0, 0.05) is 37.5 Å². The van der Waals surface area contributed by atoms with E-state index >= 15 is 0 Å². The summed E-state index contributed by atoms with van der Waals surface area (Å²) in [4.78, 5) is 2.38. The first-order valence-electron chi connectivity index (χ1n) is 20.6. The molecule has 0 radical (unpaired) electrons. The first-order valence-corrected chi connectivity index (χ1v) is 21.4. The molecule has 0 bridgehead atoms. The van der Waals surface area contributed by atoms with Crippen molar-refractivity contribution in [1.82, 2.24) is 0 Å². The Labute approximate surface area is 359 Å². The van der Waals surface area contributed by atoms with Crippen molar-refractivity contribution in [3.8, 4) is 0 Å². The largest absolute Gasteiger partial charge is 0.310 e. The summed E-state index contributed by atoms with van der Waals surface area (Å²) >= 11 is 1.84. The van der Waals surface area contributed by atoms with Crippen LogP contribution in [0, 0.1) is 5.92 Å². The number of benzene rings is 7. The zero-order chi connectivity index (χ0) is 41.3. The summed E-state index contributed by atoms with van der Waals surface area (Å²) in [5.41, 5.74) is 12.4. The molecule has 0 amide bonds. The van der Waals surface area contributed by atoms with Gasteiger partial charge in [0.15, 0.2) is 0 Å². The standard InChI is InChI=1S/C58H49NS/c1-5-23-42(2)44(4)51-34-19-18-31-48(51)40-53(58(46-27-12-7-13-28-46)47-29-14-8-15-30-47)43(3)24-22-36-55(45-25-10-6-11-26-45)59(49-32-16-9-17-33-49)50-38-39-57-54(41-50)52-35-20-21-37-56(52)60-57/h5-39,41,53,58H,1,3-4,40H2,2H3/b24-22-,42-23+,55-36+. The number of allylic oxidation sites excluding steroid dienone is 8. The van der Waals surface area contributed by atoms with E-state index in [1.54, 1.807) is 0 Å². The molecule has 1 unspecified atom stereocenters. The fraction of sp³-hybridized carbons (Fsp3) is 0.0690. The van der Waals surface area contributed by atoms with Crippen LogP contribution in [-0.2, 0) is 6.42 Å². The van der Waals surface area contributed by atoms with E-state index in [0.29, 0.717) is 0 Å². The number of thiophene rings is 1. The normalized spacial score (nSPS) is 12.6. The van der Waals surface area contributed by atoms with Gasteiger partial charge in [0.25, 0.3) is 0 Å². The van der Waals surface area contributed by atoms with Crippen LogP contribution in [0.3, 0.4) is 0 Å². The third-order valence-corrected chi connectivity index (χ3v) is 12.5. The molecule has 0 spiro atoms. The molecule has 0 aliphatic heterocycles. The lowest BCUT2D eigenvalue weighted by Crippen LogP contribution is -2.19. The van der Waals surface area contributed by atoms with Crippen LogP contribution >= 0.6 is 11.3 Å². The first-order chi connectivity index (χ1) is 29.5. The number of rotatable bonds is 15. The Balaban J connectivity index is 1.25. The van der Waals surface area contributed by atoms with E-state index in [1.807, 2.05) is 23.5 Å². The number of hydrogen-bond acceptors (Lipinski definition) is 2. The highest BCUT2D eigenvalue weighted by molar-refractivity contribution is 7.25. The number of anilines is 2. The molecule has 8 aromatic rings. The fourth-order valence-corrected chi connectivity index (χ4v) is 9.40. The molecule has 0 aliphatic carbocycles. The Morgan fingerprint density at radius 2 is 1.18 bits per heavy atom. The van der Waals surface area contributed by atoms with Crippen LogP contribution in [-0.4, -0.2) is 0 Å². The van der Waals surface area contributed by atoms with Gasteiger partial charge in [-0.3, -0.25) is 0 Å². The molecule has 0 aliphatic rings. The summed E-state index contributed by atoms with van der Waals surface area (Å²) in [6.45, 7) is 15.5. The monoisotopic (exact) mass is 791 g/mol. The fourth-order valence-electron chi connectivity index (χ4n) is 8.31. The second-order valence-corrected chi connectivity index (χ2v) is 16.2. The second-order valence-electron chi connectivity index (χ2n) is 15.1. The Kier molecular flexibility index (Phi) is 12.4. The molecule has 2 heteroatoms. The van der Waals surface area contributed by atoms with Crippen molar-refractivity contribution in [3.05, 3.63) is 277 Å². The van der Waals surface area contributed by atoms with E-state index in [0.717, 1.165) is 51.3 Å². The van der Waals surface area contributed by atoms with Gasteiger partial charge in [-0.25, -0.2) is 0 Å². The lowest BCUT2D eigenvalue weighted by atomic mass is 9.73. The van der Waals surface area contributed by atoms with Crippen molar-refractivity contribution >= 4 is 54.2 Å². The van der Waals surface area contributed by atoms with Gasteiger partial charge in [0.1, 0.15) is 0 Å². The summed E-state index contributed by atoms with van der Waals surface area (Å²) in [5, 5.41) is 2.54. The van der Waals surface area contributed by atoms with Crippen molar-refractivity contribution in [2.24, 2.45) is 5.92 Å². The Morgan fingerprint density at radius 1 is 0.600 bits per heavy atom. The summed E-state index contributed by atoms with van der Waals surface area (Å²) in [6.07, 6.45) is 11.3. The first kappa shape index (κ1) is 39.8. The predicted molar refractivity (Wildman–Crippen MR) is 262 cm³/mol. The van der Waals surface area contributed by atoms with Gasteiger partial charge in [-0.15, -0.1) is 11.3 Å². The highest BCUT2D eigenvalue weighted by Crippen LogP contribution is 2.42. The minimum Gasteiger partial charge on any atom is -0.310 e. The highest BCUT2D eigenvalue weighted by atomic mass is 32.1. The van der Waals surface area contributed by atoms with Gasteiger partial charge < -0.3 is 4.90 Å². The SMILES string of the molecule is C=C/C=C(\C)C(=C)c1ccccc1CC(C(=C)/C=C\C=C(/c1ccccc1)N(c1ccccc1)c1ccc2sc3ccccc3c2c1)C(c1ccccc1)c1ccccc1. The molecule has 0 N–H and O–H groups in total. The number of hydrogen-bond donors (Lipinski definition) is 0. The molecule has 1 nitrogen and oxygen atoms in total. The van der Waals surface area contributed by atoms with E-state index in [-0.39, 0.29) is 11.8 Å². The summed E-state index contributed by atoms with van der Waals surface area (Å²) in [5.74, 6) is 0.0815. The maximum atomic E-state index is 4.87. The zero-order valence-corrected chi connectivity index (χ0v) is 34.9. The molecule has 292 valence electrons. The Bertz CT molecular complexity index is 2800. The molecule has 8 rings (SSSR count). The van der Waals surface area contributed by atoms with Gasteiger partial charge in [-0.1, -0.05) is 201 Å².